The number of carbonyl (C=O) groups excluding carboxylic acids is 1. The van der Waals surface area contributed by atoms with Gasteiger partial charge >= 0.3 is 0 Å². The normalized spacial score (nSPS) is 21.0. The van der Waals surface area contributed by atoms with Crippen molar-refractivity contribution in [3.8, 4) is 11.4 Å². The standard InChI is InChI=1S/C29H39N5O4S/c1-4-20-5-11-25-26(17-20)32-28(31-25)22-8-12-27(30-18-22)34-15-13-24(14-16-34)38-23-9-6-21(7-10-23)29(35)33-39(36,37)19(2)3/h5,8,11-12,17-19,21,23-24H,4,6-7,9-10,13-16H2,1-3H3,(H,31,32)(H,33,35). The van der Waals surface area contributed by atoms with E-state index in [0.29, 0.717) is 12.8 Å². The first kappa shape index (κ1) is 27.6. The smallest absolute Gasteiger partial charge is 0.237 e. The Bertz CT molecular complexity index is 1390. The molecule has 9 nitrogen and oxygen atoms in total. The van der Waals surface area contributed by atoms with Crippen LogP contribution in [0.4, 0.5) is 5.82 Å². The largest absolute Gasteiger partial charge is 0.375 e. The van der Waals surface area contributed by atoms with Crippen molar-refractivity contribution in [2.75, 3.05) is 18.0 Å². The molecule has 0 spiro atoms. The number of aromatic nitrogens is 3. The number of amides is 1. The lowest BCUT2D eigenvalue weighted by molar-refractivity contribution is -0.125. The Labute approximate surface area is 230 Å². The fourth-order valence-electron chi connectivity index (χ4n) is 5.42. The van der Waals surface area contributed by atoms with Gasteiger partial charge in [0.2, 0.25) is 15.9 Å². The van der Waals surface area contributed by atoms with E-state index in [2.05, 4.69) is 51.9 Å². The molecule has 1 saturated heterocycles. The highest BCUT2D eigenvalue weighted by atomic mass is 32.2. The number of fused-ring (bicyclic) bond motifs is 1. The van der Waals surface area contributed by atoms with Crippen LogP contribution in [0.2, 0.25) is 0 Å². The number of H-pyrrole nitrogens is 1. The molecule has 0 radical (unpaired) electrons. The predicted octanol–water partition coefficient (Wildman–Crippen LogP) is 4.59. The van der Waals surface area contributed by atoms with Crippen LogP contribution in [-0.2, 0) is 26.0 Å². The quantitative estimate of drug-likeness (QED) is 0.419. The fourth-order valence-corrected chi connectivity index (χ4v) is 6.11. The summed E-state index contributed by atoms with van der Waals surface area (Å²) in [5, 5.41) is -0.620. The predicted molar refractivity (Wildman–Crippen MR) is 153 cm³/mol. The van der Waals surface area contributed by atoms with Crippen LogP contribution in [0.15, 0.2) is 36.5 Å². The summed E-state index contributed by atoms with van der Waals surface area (Å²) < 4.78 is 32.6. The van der Waals surface area contributed by atoms with E-state index < -0.39 is 15.3 Å². The van der Waals surface area contributed by atoms with Crippen LogP contribution in [0.1, 0.15) is 64.9 Å². The maximum Gasteiger partial charge on any atom is 0.237 e. The first-order chi connectivity index (χ1) is 18.7. The van der Waals surface area contributed by atoms with Crippen LogP contribution in [0.3, 0.4) is 0 Å². The number of carbonyl (C=O) groups is 1. The SMILES string of the molecule is CCc1ccc2nc(-c3ccc(N4CCC(OC5CCC(C(=O)NS(=O)(=O)C(C)C)CC5)CC4)nc3)[nH]c2c1. The summed E-state index contributed by atoms with van der Waals surface area (Å²) >= 11 is 0. The lowest BCUT2D eigenvalue weighted by atomic mass is 9.87. The highest BCUT2D eigenvalue weighted by Gasteiger charge is 2.32. The third-order valence-electron chi connectivity index (χ3n) is 8.04. The molecule has 1 aliphatic carbocycles. The summed E-state index contributed by atoms with van der Waals surface area (Å²) in [7, 11) is -3.58. The molecule has 10 heteroatoms. The average Bonchev–Trinajstić information content (AvgIpc) is 3.37. The highest BCUT2D eigenvalue weighted by Crippen LogP contribution is 2.30. The van der Waals surface area contributed by atoms with Crippen LogP contribution in [0.5, 0.6) is 0 Å². The van der Waals surface area contributed by atoms with Gasteiger partial charge in [0.05, 0.1) is 28.5 Å². The number of sulfonamides is 1. The summed E-state index contributed by atoms with van der Waals surface area (Å²) in [5.41, 5.74) is 4.26. The van der Waals surface area contributed by atoms with Crippen molar-refractivity contribution in [2.45, 2.75) is 83.2 Å². The number of imidazole rings is 1. The zero-order valence-electron chi connectivity index (χ0n) is 23.0. The first-order valence-electron chi connectivity index (χ1n) is 14.1. The molecule has 39 heavy (non-hydrogen) atoms. The van der Waals surface area contributed by atoms with Crippen molar-refractivity contribution < 1.29 is 17.9 Å². The lowest BCUT2D eigenvalue weighted by Crippen LogP contribution is -2.42. The maximum absolute atomic E-state index is 12.4. The molecule has 2 aromatic heterocycles. The summed E-state index contributed by atoms with van der Waals surface area (Å²) in [6.45, 7) is 7.05. The first-order valence-corrected chi connectivity index (χ1v) is 15.7. The van der Waals surface area contributed by atoms with E-state index in [4.69, 9.17) is 14.7 Å². The number of nitrogens with zero attached hydrogens (tertiary/aromatic N) is 3. The Morgan fingerprint density at radius 2 is 1.79 bits per heavy atom. The molecule has 1 aromatic carbocycles. The second kappa shape index (κ2) is 11.6. The monoisotopic (exact) mass is 553 g/mol. The van der Waals surface area contributed by atoms with Crippen LogP contribution >= 0.6 is 0 Å². The average molecular weight is 554 g/mol. The number of hydrogen-bond acceptors (Lipinski definition) is 7. The van der Waals surface area contributed by atoms with Gasteiger partial charge in [0.1, 0.15) is 11.6 Å². The van der Waals surface area contributed by atoms with Crippen LogP contribution < -0.4 is 9.62 Å². The molecule has 5 rings (SSSR count). The van der Waals surface area contributed by atoms with Crippen molar-refractivity contribution >= 4 is 32.8 Å². The third kappa shape index (κ3) is 6.44. The second-order valence-electron chi connectivity index (χ2n) is 11.1. The topological polar surface area (TPSA) is 117 Å². The number of anilines is 1. The molecular formula is C29H39N5O4S. The van der Waals surface area contributed by atoms with Crippen molar-refractivity contribution in [3.63, 3.8) is 0 Å². The molecule has 210 valence electrons. The molecular weight excluding hydrogens is 514 g/mol. The summed E-state index contributed by atoms with van der Waals surface area (Å²) in [4.78, 5) is 27.6. The van der Waals surface area contributed by atoms with E-state index in [1.807, 2.05) is 6.20 Å². The number of piperidine rings is 1. The molecule has 3 aromatic rings. The van der Waals surface area contributed by atoms with Crippen LogP contribution in [-0.4, -0.2) is 59.8 Å². The minimum atomic E-state index is -3.58. The van der Waals surface area contributed by atoms with E-state index in [1.54, 1.807) is 13.8 Å². The zero-order chi connectivity index (χ0) is 27.6. The molecule has 1 saturated carbocycles. The number of nitrogens with one attached hydrogen (secondary N) is 2. The minimum Gasteiger partial charge on any atom is -0.375 e. The number of rotatable bonds is 8. The molecule has 3 heterocycles. The molecule has 2 N–H and O–H groups in total. The maximum atomic E-state index is 12.4. The number of hydrogen-bond donors (Lipinski definition) is 2. The van der Waals surface area contributed by atoms with E-state index >= 15 is 0 Å². The fraction of sp³-hybridized carbons (Fsp3) is 0.552. The second-order valence-corrected chi connectivity index (χ2v) is 13.3. The van der Waals surface area contributed by atoms with E-state index in [-0.39, 0.29) is 24.0 Å². The van der Waals surface area contributed by atoms with Gasteiger partial charge in [-0.05, 0) is 88.6 Å². The summed E-state index contributed by atoms with van der Waals surface area (Å²) in [5.74, 6) is 1.16. The number of aryl methyl sites for hydroxylation is 1. The molecule has 1 amide bonds. The van der Waals surface area contributed by atoms with Gasteiger partial charge in [-0.2, -0.15) is 0 Å². The van der Waals surface area contributed by atoms with E-state index in [9.17, 15) is 13.2 Å². The minimum absolute atomic E-state index is 0.127. The zero-order valence-corrected chi connectivity index (χ0v) is 23.8. The van der Waals surface area contributed by atoms with Crippen molar-refractivity contribution in [1.29, 1.82) is 0 Å². The van der Waals surface area contributed by atoms with Gasteiger partial charge in [0, 0.05) is 30.8 Å². The van der Waals surface area contributed by atoms with E-state index in [0.717, 1.165) is 73.4 Å². The number of aromatic amines is 1. The number of ether oxygens (including phenoxy) is 1. The molecule has 2 aliphatic rings. The molecule has 1 aliphatic heterocycles. The summed E-state index contributed by atoms with van der Waals surface area (Å²) in [6, 6.07) is 10.5. The van der Waals surface area contributed by atoms with Gasteiger partial charge < -0.3 is 14.6 Å². The van der Waals surface area contributed by atoms with Gasteiger partial charge in [0.15, 0.2) is 0 Å². The Morgan fingerprint density at radius 3 is 2.44 bits per heavy atom. The Morgan fingerprint density at radius 1 is 1.08 bits per heavy atom. The summed E-state index contributed by atoms with van der Waals surface area (Å²) in [6.07, 6.45) is 7.94. The van der Waals surface area contributed by atoms with Gasteiger partial charge in [-0.15, -0.1) is 0 Å². The Kier molecular flexibility index (Phi) is 8.23. The Balaban J connectivity index is 1.08. The van der Waals surface area contributed by atoms with Crippen molar-refractivity contribution in [2.24, 2.45) is 5.92 Å². The highest BCUT2D eigenvalue weighted by molar-refractivity contribution is 7.90. The lowest BCUT2D eigenvalue weighted by Gasteiger charge is -2.36. The number of pyridine rings is 1. The van der Waals surface area contributed by atoms with E-state index in [1.165, 1.54) is 5.56 Å². The van der Waals surface area contributed by atoms with Crippen LogP contribution in [0.25, 0.3) is 22.4 Å². The molecule has 0 unspecified atom stereocenters. The third-order valence-corrected chi connectivity index (χ3v) is 9.76. The van der Waals surface area contributed by atoms with Gasteiger partial charge in [-0.3, -0.25) is 9.52 Å². The van der Waals surface area contributed by atoms with Crippen LogP contribution in [0, 0.1) is 5.92 Å². The number of benzene rings is 1. The van der Waals surface area contributed by atoms with Gasteiger partial charge in [-0.1, -0.05) is 13.0 Å². The van der Waals surface area contributed by atoms with Gasteiger partial charge in [0.25, 0.3) is 0 Å². The Hall–Kier alpha value is -2.98. The molecule has 0 bridgehead atoms. The molecule has 2 fully saturated rings. The van der Waals surface area contributed by atoms with Crippen molar-refractivity contribution in [3.05, 3.63) is 42.1 Å². The van der Waals surface area contributed by atoms with Gasteiger partial charge in [-0.25, -0.2) is 18.4 Å². The van der Waals surface area contributed by atoms with Crippen molar-refractivity contribution in [1.82, 2.24) is 19.7 Å². The molecule has 0 atom stereocenters.